The minimum Gasteiger partial charge on any atom is -0.324 e. The number of ketones is 2. The first-order valence-corrected chi connectivity index (χ1v) is 9.40. The second kappa shape index (κ2) is 8.27. The van der Waals surface area contributed by atoms with Crippen LogP contribution in [0.4, 0.5) is 5.69 Å². The van der Waals surface area contributed by atoms with Gasteiger partial charge in [-0.3, -0.25) is 19.3 Å². The monoisotopic (exact) mass is 364 g/mol. The maximum Gasteiger partial charge on any atom is 0.238 e. The van der Waals surface area contributed by atoms with E-state index in [2.05, 4.69) is 17.1 Å². The highest BCUT2D eigenvalue weighted by Crippen LogP contribution is 2.31. The fourth-order valence-corrected chi connectivity index (χ4v) is 3.37. The van der Waals surface area contributed by atoms with Crippen molar-refractivity contribution in [1.29, 1.82) is 0 Å². The summed E-state index contributed by atoms with van der Waals surface area (Å²) in [4.78, 5) is 40.3. The van der Waals surface area contributed by atoms with Crippen LogP contribution in [0, 0.1) is 0 Å². The van der Waals surface area contributed by atoms with E-state index in [0.717, 1.165) is 25.9 Å². The molecule has 0 fully saturated rings. The number of rotatable bonds is 7. The number of anilines is 1. The maximum atomic E-state index is 13.0. The first-order chi connectivity index (χ1) is 13.1. The summed E-state index contributed by atoms with van der Waals surface area (Å²) in [5, 5.41) is 2.84. The molecule has 5 heteroatoms. The van der Waals surface area contributed by atoms with Crippen LogP contribution >= 0.6 is 0 Å². The molecule has 140 valence electrons. The molecule has 0 spiro atoms. The maximum absolute atomic E-state index is 13.0. The molecular weight excluding hydrogens is 340 g/mol. The minimum atomic E-state index is -0.227. The third kappa shape index (κ3) is 3.83. The zero-order chi connectivity index (χ0) is 19.4. The Bertz CT molecular complexity index is 889. The lowest BCUT2D eigenvalue weighted by molar-refractivity contribution is -0.117. The van der Waals surface area contributed by atoms with Crippen LogP contribution in [0.1, 0.15) is 58.5 Å². The fourth-order valence-electron chi connectivity index (χ4n) is 3.37. The van der Waals surface area contributed by atoms with Gasteiger partial charge < -0.3 is 5.32 Å². The molecule has 0 radical (unpaired) electrons. The van der Waals surface area contributed by atoms with Crippen LogP contribution in [0.25, 0.3) is 0 Å². The predicted octanol–water partition coefficient (Wildman–Crippen LogP) is 3.52. The summed E-state index contributed by atoms with van der Waals surface area (Å²) < 4.78 is 0. The Morgan fingerprint density at radius 2 is 1.59 bits per heavy atom. The van der Waals surface area contributed by atoms with Gasteiger partial charge in [0.1, 0.15) is 0 Å². The summed E-state index contributed by atoms with van der Waals surface area (Å²) in [7, 11) is 0. The number of hydrogen-bond donors (Lipinski definition) is 1. The summed E-state index contributed by atoms with van der Waals surface area (Å²) in [5.74, 6) is -0.593. The molecular formula is C22H24N2O3. The molecule has 2 aromatic rings. The van der Waals surface area contributed by atoms with E-state index < -0.39 is 0 Å². The third-order valence-corrected chi connectivity index (χ3v) is 4.87. The zero-order valence-corrected chi connectivity index (χ0v) is 15.7. The Labute approximate surface area is 159 Å². The molecule has 1 N–H and O–H groups in total. The van der Waals surface area contributed by atoms with Gasteiger partial charge >= 0.3 is 0 Å². The highest BCUT2D eigenvalue weighted by Gasteiger charge is 2.31. The van der Waals surface area contributed by atoms with Gasteiger partial charge in [0.25, 0.3) is 0 Å². The second-order valence-electron chi connectivity index (χ2n) is 6.70. The van der Waals surface area contributed by atoms with Crippen molar-refractivity contribution in [1.82, 2.24) is 4.90 Å². The smallest absolute Gasteiger partial charge is 0.238 e. The average molecular weight is 364 g/mol. The van der Waals surface area contributed by atoms with Crippen LogP contribution in [0.3, 0.4) is 0 Å². The van der Waals surface area contributed by atoms with Crippen molar-refractivity contribution in [3.05, 3.63) is 64.7 Å². The van der Waals surface area contributed by atoms with Gasteiger partial charge in [-0.25, -0.2) is 0 Å². The predicted molar refractivity (Wildman–Crippen MR) is 105 cm³/mol. The van der Waals surface area contributed by atoms with Crippen molar-refractivity contribution < 1.29 is 14.4 Å². The van der Waals surface area contributed by atoms with Gasteiger partial charge in [0, 0.05) is 16.7 Å². The molecule has 0 saturated carbocycles. The second-order valence-corrected chi connectivity index (χ2v) is 6.70. The van der Waals surface area contributed by atoms with E-state index in [1.54, 1.807) is 42.5 Å². The Hall–Kier alpha value is -2.79. The standard InChI is InChI=1S/C22H24N2O3/c1-3-5-13-24(4-2)14-19(25)23-18-12-8-11-17-20(18)22(27)16-10-7-6-9-15(16)21(17)26/h6-12H,3-5,13-14H2,1-2H3,(H,23,25). The van der Waals surface area contributed by atoms with Crippen molar-refractivity contribution in [2.24, 2.45) is 0 Å². The molecule has 1 amide bonds. The molecule has 0 aromatic heterocycles. The number of hydrogen-bond acceptors (Lipinski definition) is 4. The number of carbonyl (C=O) groups is 3. The van der Waals surface area contributed by atoms with Crippen LogP contribution in [-0.2, 0) is 4.79 Å². The van der Waals surface area contributed by atoms with Crippen LogP contribution in [0.15, 0.2) is 42.5 Å². The van der Waals surface area contributed by atoms with Crippen molar-refractivity contribution in [2.75, 3.05) is 25.0 Å². The van der Waals surface area contributed by atoms with Gasteiger partial charge in [-0.05, 0) is 25.6 Å². The minimum absolute atomic E-state index is 0.180. The van der Waals surface area contributed by atoms with Gasteiger partial charge in [-0.2, -0.15) is 0 Å². The van der Waals surface area contributed by atoms with E-state index >= 15 is 0 Å². The number of nitrogens with zero attached hydrogens (tertiary/aromatic N) is 1. The summed E-state index contributed by atoms with van der Waals surface area (Å²) in [6.07, 6.45) is 2.10. The molecule has 0 atom stereocenters. The Morgan fingerprint density at radius 3 is 2.26 bits per heavy atom. The van der Waals surface area contributed by atoms with Crippen LogP contribution in [-0.4, -0.2) is 42.0 Å². The highest BCUT2D eigenvalue weighted by atomic mass is 16.2. The van der Waals surface area contributed by atoms with Gasteiger partial charge in [-0.1, -0.05) is 56.7 Å². The molecule has 1 aliphatic rings. The molecule has 5 nitrogen and oxygen atoms in total. The number of nitrogens with one attached hydrogen (secondary N) is 1. The molecule has 0 saturated heterocycles. The number of amides is 1. The molecule has 1 aliphatic carbocycles. The van der Waals surface area contributed by atoms with E-state index in [-0.39, 0.29) is 29.6 Å². The summed E-state index contributed by atoms with van der Waals surface area (Å²) in [6, 6.07) is 11.8. The van der Waals surface area contributed by atoms with Gasteiger partial charge in [0.2, 0.25) is 5.91 Å². The van der Waals surface area contributed by atoms with E-state index in [0.29, 0.717) is 22.4 Å². The molecule has 2 aromatic carbocycles. The van der Waals surface area contributed by atoms with Crippen molar-refractivity contribution in [2.45, 2.75) is 26.7 Å². The van der Waals surface area contributed by atoms with Crippen molar-refractivity contribution >= 4 is 23.2 Å². The largest absolute Gasteiger partial charge is 0.324 e. The van der Waals surface area contributed by atoms with Crippen LogP contribution in [0.5, 0.6) is 0 Å². The number of carbonyl (C=O) groups excluding carboxylic acids is 3. The van der Waals surface area contributed by atoms with Gasteiger partial charge in [0.05, 0.1) is 17.8 Å². The summed E-state index contributed by atoms with van der Waals surface area (Å²) in [5.41, 5.74) is 1.82. The molecule has 0 aliphatic heterocycles. The number of benzene rings is 2. The number of likely N-dealkylation sites (N-methyl/N-ethyl adjacent to an activating group) is 1. The topological polar surface area (TPSA) is 66.5 Å². The molecule has 3 rings (SSSR count). The first kappa shape index (κ1) is 19.0. The lowest BCUT2D eigenvalue weighted by Crippen LogP contribution is -2.34. The average Bonchev–Trinajstić information content (AvgIpc) is 2.69. The zero-order valence-electron chi connectivity index (χ0n) is 15.7. The third-order valence-electron chi connectivity index (χ3n) is 4.87. The first-order valence-electron chi connectivity index (χ1n) is 9.40. The van der Waals surface area contributed by atoms with Crippen LogP contribution < -0.4 is 5.32 Å². The molecule has 0 unspecified atom stereocenters. The van der Waals surface area contributed by atoms with E-state index in [4.69, 9.17) is 0 Å². The van der Waals surface area contributed by atoms with Gasteiger partial charge in [0.15, 0.2) is 11.6 Å². The van der Waals surface area contributed by atoms with Crippen LogP contribution in [0.2, 0.25) is 0 Å². The lowest BCUT2D eigenvalue weighted by Gasteiger charge is -2.22. The Balaban J connectivity index is 1.86. The van der Waals surface area contributed by atoms with E-state index in [1.807, 2.05) is 6.92 Å². The normalized spacial score (nSPS) is 12.7. The Kier molecular flexibility index (Phi) is 5.81. The van der Waals surface area contributed by atoms with Crippen molar-refractivity contribution in [3.63, 3.8) is 0 Å². The van der Waals surface area contributed by atoms with Gasteiger partial charge in [-0.15, -0.1) is 0 Å². The molecule has 0 bridgehead atoms. The summed E-state index contributed by atoms with van der Waals surface area (Å²) in [6.45, 7) is 6.04. The highest BCUT2D eigenvalue weighted by molar-refractivity contribution is 6.30. The molecule has 27 heavy (non-hydrogen) atoms. The summed E-state index contributed by atoms with van der Waals surface area (Å²) >= 11 is 0. The van der Waals surface area contributed by atoms with E-state index in [9.17, 15) is 14.4 Å². The van der Waals surface area contributed by atoms with Crippen molar-refractivity contribution in [3.8, 4) is 0 Å². The fraction of sp³-hybridized carbons (Fsp3) is 0.318. The molecule has 0 heterocycles. The van der Waals surface area contributed by atoms with E-state index in [1.165, 1.54) is 0 Å². The number of fused-ring (bicyclic) bond motifs is 2. The SMILES string of the molecule is CCCCN(CC)CC(=O)Nc1cccc2c1C(=O)c1ccccc1C2=O. The lowest BCUT2D eigenvalue weighted by atomic mass is 9.83. The Morgan fingerprint density at radius 1 is 0.926 bits per heavy atom. The quantitative estimate of drug-likeness (QED) is 0.697. The number of unbranched alkanes of at least 4 members (excludes halogenated alkanes) is 1.